The van der Waals surface area contributed by atoms with Crippen LogP contribution in [0.15, 0.2) is 42.7 Å². The molecule has 1 saturated carbocycles. The second-order valence-electron chi connectivity index (χ2n) is 8.88. The molecule has 2 atom stereocenters. The standard InChI is InChI=1S/C26H26FN3O3/c1-15-10-18(8-9-28-15)21-7-6-17(13-29-21)11-19-12-20-25(24(27)16(19)2)33-14-30(26(20)32)22-4-3-5-23(22)31/h6-10,12-13,22-23,31H,3-5,11,14H2,1-2H3/t22-,23-/m0/s1. The second kappa shape index (κ2) is 8.56. The fourth-order valence-electron chi connectivity index (χ4n) is 4.76. The molecule has 6 nitrogen and oxygen atoms in total. The van der Waals surface area contributed by atoms with Crippen molar-refractivity contribution in [3.8, 4) is 17.0 Å². The Bertz CT molecular complexity index is 1210. The first kappa shape index (κ1) is 21.5. The van der Waals surface area contributed by atoms with E-state index in [2.05, 4.69) is 9.97 Å². The van der Waals surface area contributed by atoms with E-state index < -0.39 is 11.9 Å². The van der Waals surface area contributed by atoms with Gasteiger partial charge in [0.05, 0.1) is 23.4 Å². The first-order chi connectivity index (χ1) is 15.9. The molecule has 3 heterocycles. The largest absolute Gasteiger partial charge is 0.469 e. The second-order valence-corrected chi connectivity index (χ2v) is 8.88. The van der Waals surface area contributed by atoms with Crippen LogP contribution in [-0.4, -0.2) is 44.8 Å². The zero-order chi connectivity index (χ0) is 23.1. The van der Waals surface area contributed by atoms with E-state index in [1.165, 1.54) is 4.90 Å². The van der Waals surface area contributed by atoms with Crippen molar-refractivity contribution in [3.63, 3.8) is 0 Å². The molecule has 170 valence electrons. The van der Waals surface area contributed by atoms with Gasteiger partial charge in [-0.05, 0) is 80.5 Å². The van der Waals surface area contributed by atoms with Gasteiger partial charge in [-0.25, -0.2) is 4.39 Å². The van der Waals surface area contributed by atoms with Crippen molar-refractivity contribution in [1.82, 2.24) is 14.9 Å². The lowest BCUT2D eigenvalue weighted by atomic mass is 9.96. The normalized spacial score (nSPS) is 20.0. The number of nitrogens with zero attached hydrogens (tertiary/aromatic N) is 3. The van der Waals surface area contributed by atoms with E-state index in [1.54, 1.807) is 25.4 Å². The van der Waals surface area contributed by atoms with Gasteiger partial charge < -0.3 is 9.84 Å². The number of carbonyl (C=O) groups excluding carboxylic acids is 1. The first-order valence-corrected chi connectivity index (χ1v) is 11.2. The van der Waals surface area contributed by atoms with Crippen LogP contribution in [0.25, 0.3) is 11.3 Å². The molecule has 1 fully saturated rings. The predicted molar refractivity (Wildman–Crippen MR) is 121 cm³/mol. The topological polar surface area (TPSA) is 75.6 Å². The molecule has 1 amide bonds. The summed E-state index contributed by atoms with van der Waals surface area (Å²) in [4.78, 5) is 23.5. The third-order valence-corrected chi connectivity index (χ3v) is 6.67. The summed E-state index contributed by atoms with van der Waals surface area (Å²) in [5, 5.41) is 10.2. The molecule has 1 aromatic carbocycles. The highest BCUT2D eigenvalue weighted by atomic mass is 19.1. The van der Waals surface area contributed by atoms with Gasteiger partial charge in [0.1, 0.15) is 0 Å². The molecule has 33 heavy (non-hydrogen) atoms. The molecule has 0 unspecified atom stereocenters. The van der Waals surface area contributed by atoms with Crippen LogP contribution in [0.5, 0.6) is 5.75 Å². The first-order valence-electron chi connectivity index (χ1n) is 11.2. The van der Waals surface area contributed by atoms with E-state index in [0.717, 1.165) is 35.4 Å². The van der Waals surface area contributed by atoms with E-state index in [0.29, 0.717) is 24.0 Å². The number of amides is 1. The molecule has 5 rings (SSSR count). The zero-order valence-electron chi connectivity index (χ0n) is 18.7. The van der Waals surface area contributed by atoms with Crippen molar-refractivity contribution in [3.05, 3.63) is 76.5 Å². The lowest BCUT2D eigenvalue weighted by Crippen LogP contribution is -2.48. The molecule has 0 spiro atoms. The number of benzene rings is 1. The summed E-state index contributed by atoms with van der Waals surface area (Å²) in [6.07, 6.45) is 5.66. The summed E-state index contributed by atoms with van der Waals surface area (Å²) in [5.41, 5.74) is 5.06. The van der Waals surface area contributed by atoms with Gasteiger partial charge in [0.25, 0.3) is 5.91 Å². The van der Waals surface area contributed by atoms with Crippen LogP contribution in [0.3, 0.4) is 0 Å². The molecule has 0 radical (unpaired) electrons. The molecule has 0 bridgehead atoms. The summed E-state index contributed by atoms with van der Waals surface area (Å²) in [6.45, 7) is 3.60. The molecule has 1 aliphatic carbocycles. The van der Waals surface area contributed by atoms with Crippen LogP contribution in [0.4, 0.5) is 4.39 Å². The Morgan fingerprint density at radius 1 is 1.18 bits per heavy atom. The van der Waals surface area contributed by atoms with Gasteiger partial charge in [-0.3, -0.25) is 19.7 Å². The minimum Gasteiger partial charge on any atom is -0.469 e. The number of hydrogen-bond donors (Lipinski definition) is 1. The van der Waals surface area contributed by atoms with Gasteiger partial charge in [0.2, 0.25) is 0 Å². The maximum Gasteiger partial charge on any atom is 0.260 e. The Balaban J connectivity index is 1.42. The Kier molecular flexibility index (Phi) is 5.58. The van der Waals surface area contributed by atoms with Crippen LogP contribution in [0.1, 0.15) is 52.0 Å². The minimum absolute atomic E-state index is 0.00603. The van der Waals surface area contributed by atoms with E-state index in [9.17, 15) is 9.90 Å². The number of rotatable bonds is 4. The molecular formula is C26H26FN3O3. The number of aryl methyl sites for hydroxylation is 1. The molecule has 2 aliphatic rings. The van der Waals surface area contributed by atoms with Crippen molar-refractivity contribution in [2.75, 3.05) is 6.73 Å². The van der Waals surface area contributed by atoms with E-state index in [4.69, 9.17) is 4.74 Å². The van der Waals surface area contributed by atoms with Gasteiger partial charge in [-0.1, -0.05) is 6.07 Å². The van der Waals surface area contributed by atoms with Gasteiger partial charge in [-0.15, -0.1) is 0 Å². The van der Waals surface area contributed by atoms with E-state index in [-0.39, 0.29) is 30.0 Å². The van der Waals surface area contributed by atoms with Gasteiger partial charge in [0, 0.05) is 23.7 Å². The summed E-state index contributed by atoms with van der Waals surface area (Å²) < 4.78 is 20.8. The summed E-state index contributed by atoms with van der Waals surface area (Å²) in [6, 6.07) is 9.23. The SMILES string of the molecule is Cc1cc(-c2ccc(Cc3cc4c(c(F)c3C)OCN([C@H]3CCC[C@@H]3O)C4=O)cn2)ccn1. The van der Waals surface area contributed by atoms with Crippen LogP contribution in [-0.2, 0) is 6.42 Å². The van der Waals surface area contributed by atoms with Crippen LogP contribution < -0.4 is 4.74 Å². The Morgan fingerprint density at radius 3 is 2.73 bits per heavy atom. The number of hydrogen-bond acceptors (Lipinski definition) is 5. The monoisotopic (exact) mass is 447 g/mol. The molecule has 1 N–H and O–H groups in total. The average molecular weight is 448 g/mol. The number of carbonyl (C=O) groups is 1. The van der Waals surface area contributed by atoms with E-state index in [1.807, 2.05) is 31.2 Å². The van der Waals surface area contributed by atoms with Gasteiger partial charge in [-0.2, -0.15) is 0 Å². The molecule has 3 aromatic rings. The van der Waals surface area contributed by atoms with Crippen LogP contribution in [0, 0.1) is 19.7 Å². The van der Waals surface area contributed by atoms with Crippen molar-refractivity contribution in [1.29, 1.82) is 0 Å². The number of aromatic nitrogens is 2. The fourth-order valence-corrected chi connectivity index (χ4v) is 4.76. The Morgan fingerprint density at radius 2 is 2.03 bits per heavy atom. The maximum absolute atomic E-state index is 15.2. The maximum atomic E-state index is 15.2. The summed E-state index contributed by atoms with van der Waals surface area (Å²) in [5.74, 6) is -0.783. The molecule has 7 heteroatoms. The predicted octanol–water partition coefficient (Wildman–Crippen LogP) is 4.20. The molecule has 1 aliphatic heterocycles. The lowest BCUT2D eigenvalue weighted by molar-refractivity contribution is 0.0115. The smallest absolute Gasteiger partial charge is 0.260 e. The van der Waals surface area contributed by atoms with Crippen LogP contribution in [0.2, 0.25) is 0 Å². The Hall–Kier alpha value is -3.32. The van der Waals surface area contributed by atoms with Crippen molar-refractivity contribution >= 4 is 5.91 Å². The minimum atomic E-state index is -0.567. The number of halogens is 1. The number of fused-ring (bicyclic) bond motifs is 1. The highest BCUT2D eigenvalue weighted by Gasteiger charge is 2.39. The lowest BCUT2D eigenvalue weighted by Gasteiger charge is -2.35. The number of pyridine rings is 2. The fraction of sp³-hybridized carbons (Fsp3) is 0.346. The molecule has 0 saturated heterocycles. The van der Waals surface area contributed by atoms with E-state index >= 15 is 4.39 Å². The quantitative estimate of drug-likeness (QED) is 0.649. The van der Waals surface area contributed by atoms with Gasteiger partial charge in [0.15, 0.2) is 18.3 Å². The number of ether oxygens (including phenoxy) is 1. The zero-order valence-corrected chi connectivity index (χ0v) is 18.7. The van der Waals surface area contributed by atoms with Crippen LogP contribution >= 0.6 is 0 Å². The highest BCUT2D eigenvalue weighted by molar-refractivity contribution is 5.98. The highest BCUT2D eigenvalue weighted by Crippen LogP contribution is 2.36. The third-order valence-electron chi connectivity index (χ3n) is 6.67. The molecular weight excluding hydrogens is 421 g/mol. The van der Waals surface area contributed by atoms with Crippen molar-refractivity contribution in [2.45, 2.75) is 51.7 Å². The number of aliphatic hydroxyl groups is 1. The third kappa shape index (κ3) is 3.97. The molecule has 2 aromatic heterocycles. The Labute approximate surface area is 192 Å². The average Bonchev–Trinajstić information content (AvgIpc) is 3.24. The summed E-state index contributed by atoms with van der Waals surface area (Å²) >= 11 is 0. The number of aliphatic hydroxyl groups excluding tert-OH is 1. The van der Waals surface area contributed by atoms with Crippen molar-refractivity contribution < 1.29 is 19.0 Å². The summed E-state index contributed by atoms with van der Waals surface area (Å²) in [7, 11) is 0. The van der Waals surface area contributed by atoms with Gasteiger partial charge >= 0.3 is 0 Å². The van der Waals surface area contributed by atoms with Crippen molar-refractivity contribution in [2.24, 2.45) is 0 Å².